The smallest absolute Gasteiger partial charge is 0.254 e. The van der Waals surface area contributed by atoms with Gasteiger partial charge in [0.05, 0.1) is 0 Å². The Balaban J connectivity index is 2.20. The van der Waals surface area contributed by atoms with Crippen LogP contribution in [-0.4, -0.2) is 29.2 Å². The molecule has 1 aliphatic heterocycles. The maximum Gasteiger partial charge on any atom is 0.254 e. The van der Waals surface area contributed by atoms with E-state index in [-0.39, 0.29) is 17.7 Å². The molecule has 1 fully saturated rings. The molecule has 1 amide bonds. The standard InChI is InChI=1S/C16H21NO2/c1-12-7-3-4-9-15(12)16(19)17-10-6-5-8-14(17)11-13(2)18/h3-4,7,9,14H,5-6,8,10-11H2,1-2H3. The summed E-state index contributed by atoms with van der Waals surface area (Å²) in [6, 6.07) is 7.74. The first-order chi connectivity index (χ1) is 9.09. The number of nitrogens with zero attached hydrogens (tertiary/aromatic N) is 1. The van der Waals surface area contributed by atoms with Crippen LogP contribution < -0.4 is 0 Å². The number of benzene rings is 1. The van der Waals surface area contributed by atoms with E-state index in [2.05, 4.69) is 0 Å². The molecule has 0 aliphatic carbocycles. The van der Waals surface area contributed by atoms with Crippen LogP contribution in [0.4, 0.5) is 0 Å². The first kappa shape index (κ1) is 13.8. The molecule has 1 heterocycles. The number of ketones is 1. The number of aryl methyl sites for hydroxylation is 1. The van der Waals surface area contributed by atoms with Crippen molar-refractivity contribution in [2.45, 2.75) is 45.6 Å². The van der Waals surface area contributed by atoms with Gasteiger partial charge in [-0.2, -0.15) is 0 Å². The summed E-state index contributed by atoms with van der Waals surface area (Å²) in [6.45, 7) is 4.33. The second kappa shape index (κ2) is 6.00. The average Bonchev–Trinajstić information content (AvgIpc) is 2.38. The number of piperidine rings is 1. The van der Waals surface area contributed by atoms with Gasteiger partial charge >= 0.3 is 0 Å². The summed E-state index contributed by atoms with van der Waals surface area (Å²) in [5, 5.41) is 0. The second-order valence-corrected chi connectivity index (χ2v) is 5.37. The number of carbonyl (C=O) groups is 2. The van der Waals surface area contributed by atoms with Crippen LogP contribution in [0.15, 0.2) is 24.3 Å². The van der Waals surface area contributed by atoms with Crippen molar-refractivity contribution in [2.24, 2.45) is 0 Å². The largest absolute Gasteiger partial charge is 0.335 e. The third-order valence-corrected chi connectivity index (χ3v) is 3.79. The van der Waals surface area contributed by atoms with E-state index in [4.69, 9.17) is 0 Å². The van der Waals surface area contributed by atoms with Gasteiger partial charge in [-0.3, -0.25) is 9.59 Å². The normalized spacial score (nSPS) is 19.3. The van der Waals surface area contributed by atoms with Gasteiger partial charge in [0.2, 0.25) is 0 Å². The Morgan fingerprint density at radius 2 is 2.00 bits per heavy atom. The zero-order valence-electron chi connectivity index (χ0n) is 11.7. The molecule has 0 saturated carbocycles. The number of likely N-dealkylation sites (tertiary alicyclic amines) is 1. The van der Waals surface area contributed by atoms with Crippen molar-refractivity contribution < 1.29 is 9.59 Å². The van der Waals surface area contributed by atoms with Crippen molar-refractivity contribution in [1.82, 2.24) is 4.90 Å². The molecular formula is C16H21NO2. The van der Waals surface area contributed by atoms with Crippen LogP contribution in [0.25, 0.3) is 0 Å². The minimum atomic E-state index is 0.0732. The quantitative estimate of drug-likeness (QED) is 0.837. The Kier molecular flexibility index (Phi) is 4.35. The number of carbonyl (C=O) groups excluding carboxylic acids is 2. The molecule has 2 rings (SSSR count). The monoisotopic (exact) mass is 259 g/mol. The first-order valence-electron chi connectivity index (χ1n) is 6.95. The highest BCUT2D eigenvalue weighted by atomic mass is 16.2. The van der Waals surface area contributed by atoms with Gasteiger partial charge in [-0.05, 0) is 44.7 Å². The molecular weight excluding hydrogens is 238 g/mol. The molecule has 1 atom stereocenters. The molecule has 0 aromatic heterocycles. The van der Waals surface area contributed by atoms with Crippen LogP contribution in [0.2, 0.25) is 0 Å². The van der Waals surface area contributed by atoms with Crippen LogP contribution in [0.3, 0.4) is 0 Å². The van der Waals surface area contributed by atoms with Gasteiger partial charge in [-0.25, -0.2) is 0 Å². The van der Waals surface area contributed by atoms with E-state index in [1.807, 2.05) is 36.1 Å². The SMILES string of the molecule is CC(=O)CC1CCCCN1C(=O)c1ccccc1C. The van der Waals surface area contributed by atoms with Crippen molar-refractivity contribution in [2.75, 3.05) is 6.54 Å². The summed E-state index contributed by atoms with van der Waals surface area (Å²) < 4.78 is 0. The molecule has 3 nitrogen and oxygen atoms in total. The van der Waals surface area contributed by atoms with Gasteiger partial charge in [0.25, 0.3) is 5.91 Å². The van der Waals surface area contributed by atoms with E-state index < -0.39 is 0 Å². The molecule has 1 aromatic carbocycles. The lowest BCUT2D eigenvalue weighted by Gasteiger charge is -2.35. The molecule has 1 unspecified atom stereocenters. The molecule has 0 radical (unpaired) electrons. The van der Waals surface area contributed by atoms with E-state index >= 15 is 0 Å². The third-order valence-electron chi connectivity index (χ3n) is 3.79. The van der Waals surface area contributed by atoms with Crippen molar-refractivity contribution in [3.8, 4) is 0 Å². The van der Waals surface area contributed by atoms with E-state index in [1.54, 1.807) is 6.92 Å². The van der Waals surface area contributed by atoms with Crippen LogP contribution in [0.5, 0.6) is 0 Å². The van der Waals surface area contributed by atoms with E-state index in [9.17, 15) is 9.59 Å². The number of amides is 1. The Bertz CT molecular complexity index is 481. The van der Waals surface area contributed by atoms with E-state index in [1.165, 1.54) is 0 Å². The van der Waals surface area contributed by atoms with Gasteiger partial charge in [0.15, 0.2) is 0 Å². The average molecular weight is 259 g/mol. The molecule has 0 spiro atoms. The fourth-order valence-corrected chi connectivity index (χ4v) is 2.78. The van der Waals surface area contributed by atoms with Gasteiger partial charge < -0.3 is 4.90 Å². The summed E-state index contributed by atoms with van der Waals surface area (Å²) in [4.78, 5) is 25.9. The predicted molar refractivity (Wildman–Crippen MR) is 75.2 cm³/mol. The lowest BCUT2D eigenvalue weighted by Crippen LogP contribution is -2.44. The Morgan fingerprint density at radius 1 is 1.26 bits per heavy atom. The van der Waals surface area contributed by atoms with Crippen LogP contribution >= 0.6 is 0 Å². The highest BCUT2D eigenvalue weighted by Crippen LogP contribution is 2.23. The Labute approximate surface area is 114 Å². The van der Waals surface area contributed by atoms with Gasteiger partial charge in [-0.15, -0.1) is 0 Å². The molecule has 0 N–H and O–H groups in total. The topological polar surface area (TPSA) is 37.4 Å². The van der Waals surface area contributed by atoms with Crippen molar-refractivity contribution in [3.63, 3.8) is 0 Å². The fraction of sp³-hybridized carbons (Fsp3) is 0.500. The lowest BCUT2D eigenvalue weighted by molar-refractivity contribution is -0.118. The fourth-order valence-electron chi connectivity index (χ4n) is 2.78. The Morgan fingerprint density at radius 3 is 2.68 bits per heavy atom. The highest BCUT2D eigenvalue weighted by Gasteiger charge is 2.28. The minimum Gasteiger partial charge on any atom is -0.335 e. The predicted octanol–water partition coefficient (Wildman–Crippen LogP) is 2.97. The molecule has 1 aliphatic rings. The molecule has 102 valence electrons. The summed E-state index contributed by atoms with van der Waals surface area (Å²) >= 11 is 0. The highest BCUT2D eigenvalue weighted by molar-refractivity contribution is 5.96. The van der Waals surface area contributed by atoms with Crippen LogP contribution in [-0.2, 0) is 4.79 Å². The summed E-state index contributed by atoms with van der Waals surface area (Å²) in [6.07, 6.45) is 3.57. The molecule has 3 heteroatoms. The third kappa shape index (κ3) is 3.22. The summed E-state index contributed by atoms with van der Waals surface area (Å²) in [5.74, 6) is 0.235. The van der Waals surface area contributed by atoms with Gasteiger partial charge in [-0.1, -0.05) is 18.2 Å². The first-order valence-corrected chi connectivity index (χ1v) is 6.95. The molecule has 19 heavy (non-hydrogen) atoms. The second-order valence-electron chi connectivity index (χ2n) is 5.37. The number of hydrogen-bond donors (Lipinski definition) is 0. The van der Waals surface area contributed by atoms with E-state index in [0.717, 1.165) is 36.9 Å². The summed E-state index contributed by atoms with van der Waals surface area (Å²) in [7, 11) is 0. The van der Waals surface area contributed by atoms with Crippen LogP contribution in [0, 0.1) is 6.92 Å². The van der Waals surface area contributed by atoms with Gasteiger partial charge in [0, 0.05) is 24.6 Å². The number of Topliss-reactive ketones (excluding diaryl/α,β-unsaturated/α-hetero) is 1. The van der Waals surface area contributed by atoms with Crippen molar-refractivity contribution >= 4 is 11.7 Å². The molecule has 1 saturated heterocycles. The Hall–Kier alpha value is -1.64. The van der Waals surface area contributed by atoms with E-state index in [0.29, 0.717) is 6.42 Å². The van der Waals surface area contributed by atoms with Crippen molar-refractivity contribution in [3.05, 3.63) is 35.4 Å². The van der Waals surface area contributed by atoms with Gasteiger partial charge in [0.1, 0.15) is 5.78 Å². The van der Waals surface area contributed by atoms with Crippen LogP contribution in [0.1, 0.15) is 48.5 Å². The number of rotatable bonds is 3. The summed E-state index contributed by atoms with van der Waals surface area (Å²) in [5.41, 5.74) is 1.76. The molecule has 0 bridgehead atoms. The minimum absolute atomic E-state index is 0.0732. The van der Waals surface area contributed by atoms with Crippen molar-refractivity contribution in [1.29, 1.82) is 0 Å². The maximum absolute atomic E-state index is 12.6. The maximum atomic E-state index is 12.6. The molecule has 1 aromatic rings. The zero-order valence-corrected chi connectivity index (χ0v) is 11.7. The zero-order chi connectivity index (χ0) is 13.8. The number of hydrogen-bond acceptors (Lipinski definition) is 2. The lowest BCUT2D eigenvalue weighted by atomic mass is 9.96.